The summed E-state index contributed by atoms with van der Waals surface area (Å²) in [5, 5.41) is 13.1. The van der Waals surface area contributed by atoms with Crippen LogP contribution in [0.1, 0.15) is 5.56 Å². The molecule has 6 nitrogen and oxygen atoms in total. The van der Waals surface area contributed by atoms with E-state index in [1.165, 1.54) is 12.1 Å². The lowest BCUT2D eigenvalue weighted by Crippen LogP contribution is -2.07. The molecule has 0 saturated carbocycles. The number of methoxy groups -OCH3 is 1. The third kappa shape index (κ3) is 4.21. The molecule has 0 aliphatic heterocycles. The molecule has 0 aliphatic carbocycles. The van der Waals surface area contributed by atoms with E-state index in [0.717, 1.165) is 10.0 Å². The van der Waals surface area contributed by atoms with E-state index in [1.807, 2.05) is 42.5 Å². The fraction of sp³-hybridized carbons (Fsp3) is 0.0435. The zero-order chi connectivity index (χ0) is 21.1. The molecule has 0 atom stereocenters. The molecule has 0 unspecified atom stereocenters. The SMILES string of the molecule is COc1ccc(Br)cc1/C=C/C(=O)Nc1ccc(-c2nc3ccccc3o2)c(O)c1. The van der Waals surface area contributed by atoms with Crippen molar-refractivity contribution in [2.45, 2.75) is 0 Å². The van der Waals surface area contributed by atoms with Crippen molar-refractivity contribution < 1.29 is 19.1 Å². The van der Waals surface area contributed by atoms with Gasteiger partial charge in [0.05, 0.1) is 12.7 Å². The van der Waals surface area contributed by atoms with Gasteiger partial charge < -0.3 is 19.6 Å². The maximum atomic E-state index is 12.3. The summed E-state index contributed by atoms with van der Waals surface area (Å²) in [7, 11) is 1.57. The fourth-order valence-corrected chi connectivity index (χ4v) is 3.34. The van der Waals surface area contributed by atoms with E-state index < -0.39 is 0 Å². The summed E-state index contributed by atoms with van der Waals surface area (Å²) < 4.78 is 11.9. The second-order valence-corrected chi connectivity index (χ2v) is 7.34. The monoisotopic (exact) mass is 464 g/mol. The van der Waals surface area contributed by atoms with Crippen LogP contribution < -0.4 is 10.1 Å². The van der Waals surface area contributed by atoms with Gasteiger partial charge in [0.15, 0.2) is 5.58 Å². The Kier molecular flexibility index (Phi) is 5.54. The van der Waals surface area contributed by atoms with Crippen LogP contribution in [-0.4, -0.2) is 23.1 Å². The van der Waals surface area contributed by atoms with E-state index in [1.54, 1.807) is 25.3 Å². The van der Waals surface area contributed by atoms with Gasteiger partial charge in [-0.25, -0.2) is 4.98 Å². The van der Waals surface area contributed by atoms with E-state index in [2.05, 4.69) is 26.2 Å². The van der Waals surface area contributed by atoms with Gasteiger partial charge in [0.1, 0.15) is 17.0 Å². The first-order valence-electron chi connectivity index (χ1n) is 9.05. The number of rotatable bonds is 5. The third-order valence-corrected chi connectivity index (χ3v) is 4.89. The number of carbonyl (C=O) groups is 1. The molecule has 0 saturated heterocycles. The summed E-state index contributed by atoms with van der Waals surface area (Å²) in [5.74, 6) is 0.582. The van der Waals surface area contributed by atoms with E-state index in [-0.39, 0.29) is 11.7 Å². The Bertz CT molecular complexity index is 1230. The largest absolute Gasteiger partial charge is 0.507 e. The van der Waals surface area contributed by atoms with E-state index >= 15 is 0 Å². The third-order valence-electron chi connectivity index (χ3n) is 4.40. The molecule has 150 valence electrons. The second kappa shape index (κ2) is 8.42. The molecule has 1 heterocycles. The molecule has 3 aromatic carbocycles. The first-order chi connectivity index (χ1) is 14.5. The number of phenols is 1. The number of phenolic OH excluding ortho intramolecular Hbond substituents is 1. The van der Waals surface area contributed by atoms with Crippen molar-refractivity contribution >= 4 is 44.7 Å². The van der Waals surface area contributed by atoms with Crippen molar-refractivity contribution in [3.63, 3.8) is 0 Å². The molecule has 1 aromatic heterocycles. The van der Waals surface area contributed by atoms with Crippen molar-refractivity contribution in [2.75, 3.05) is 12.4 Å². The van der Waals surface area contributed by atoms with E-state index in [9.17, 15) is 9.90 Å². The molecule has 0 aliphatic rings. The molecule has 2 N–H and O–H groups in total. The van der Waals surface area contributed by atoms with Gasteiger partial charge >= 0.3 is 0 Å². The maximum Gasteiger partial charge on any atom is 0.248 e. The van der Waals surface area contributed by atoms with Crippen LogP contribution in [0.15, 0.2) is 75.6 Å². The Balaban J connectivity index is 1.51. The number of aromatic hydroxyl groups is 1. The minimum Gasteiger partial charge on any atom is -0.507 e. The Morgan fingerprint density at radius 1 is 1.17 bits per heavy atom. The van der Waals surface area contributed by atoms with Gasteiger partial charge in [-0.1, -0.05) is 28.1 Å². The van der Waals surface area contributed by atoms with Crippen molar-refractivity contribution in [1.82, 2.24) is 4.98 Å². The molecule has 0 bridgehead atoms. The number of oxazole rings is 1. The number of aromatic nitrogens is 1. The van der Waals surface area contributed by atoms with Crippen molar-refractivity contribution in [3.8, 4) is 23.0 Å². The molecular formula is C23H17BrN2O4. The van der Waals surface area contributed by atoms with Crippen molar-refractivity contribution in [2.24, 2.45) is 0 Å². The summed E-state index contributed by atoms with van der Waals surface area (Å²) in [6.45, 7) is 0. The van der Waals surface area contributed by atoms with Gasteiger partial charge in [-0.3, -0.25) is 4.79 Å². The summed E-state index contributed by atoms with van der Waals surface area (Å²) in [6.07, 6.45) is 3.06. The highest BCUT2D eigenvalue weighted by molar-refractivity contribution is 9.10. The van der Waals surface area contributed by atoms with Gasteiger partial charge in [0.2, 0.25) is 11.8 Å². The van der Waals surface area contributed by atoms with Gasteiger partial charge in [-0.15, -0.1) is 0 Å². The van der Waals surface area contributed by atoms with Crippen molar-refractivity contribution in [1.29, 1.82) is 0 Å². The lowest BCUT2D eigenvalue weighted by molar-refractivity contribution is -0.111. The molecular weight excluding hydrogens is 448 g/mol. The number of carbonyl (C=O) groups excluding carboxylic acids is 1. The highest BCUT2D eigenvalue weighted by Gasteiger charge is 2.13. The number of halogens is 1. The first-order valence-corrected chi connectivity index (χ1v) is 9.84. The predicted octanol–water partition coefficient (Wildman–Crippen LogP) is 5.62. The van der Waals surface area contributed by atoms with Crippen LogP contribution in [0, 0.1) is 0 Å². The molecule has 4 aromatic rings. The lowest BCUT2D eigenvalue weighted by Gasteiger charge is -2.06. The number of para-hydroxylation sites is 2. The minimum absolute atomic E-state index is 0.0444. The number of ether oxygens (including phenoxy) is 1. The number of nitrogens with zero attached hydrogens (tertiary/aromatic N) is 1. The first kappa shape index (κ1) is 19.7. The van der Waals surface area contributed by atoms with Crippen LogP contribution in [0.4, 0.5) is 5.69 Å². The number of hydrogen-bond donors (Lipinski definition) is 2. The Morgan fingerprint density at radius 2 is 2.00 bits per heavy atom. The highest BCUT2D eigenvalue weighted by atomic mass is 79.9. The van der Waals surface area contributed by atoms with Gasteiger partial charge in [-0.05, 0) is 48.5 Å². The van der Waals surface area contributed by atoms with Gasteiger partial charge in [0.25, 0.3) is 0 Å². The standard InChI is InChI=1S/C23H17BrN2O4/c1-29-20-10-7-15(24)12-14(20)6-11-22(28)25-16-8-9-17(19(27)13-16)23-26-18-4-2-3-5-21(18)30-23/h2-13,27H,1H3,(H,25,28)/b11-6+. The van der Waals surface area contributed by atoms with Gasteiger partial charge in [-0.2, -0.15) is 0 Å². The van der Waals surface area contributed by atoms with Crippen LogP contribution in [0.25, 0.3) is 28.6 Å². The number of benzene rings is 3. The zero-order valence-corrected chi connectivity index (χ0v) is 17.5. The maximum absolute atomic E-state index is 12.3. The summed E-state index contributed by atoms with van der Waals surface area (Å²) in [4.78, 5) is 16.7. The summed E-state index contributed by atoms with van der Waals surface area (Å²) in [5.41, 5.74) is 2.99. The number of anilines is 1. The topological polar surface area (TPSA) is 84.6 Å². The zero-order valence-electron chi connectivity index (χ0n) is 15.9. The molecule has 0 radical (unpaired) electrons. The minimum atomic E-state index is -0.342. The van der Waals surface area contributed by atoms with Crippen LogP contribution in [0.3, 0.4) is 0 Å². The number of nitrogens with one attached hydrogen (secondary N) is 1. The average Bonchev–Trinajstić information content (AvgIpc) is 3.16. The summed E-state index contributed by atoms with van der Waals surface area (Å²) >= 11 is 3.40. The smallest absolute Gasteiger partial charge is 0.248 e. The average molecular weight is 465 g/mol. The van der Waals surface area contributed by atoms with Gasteiger partial charge in [0, 0.05) is 27.9 Å². The molecule has 1 amide bonds. The van der Waals surface area contributed by atoms with Crippen LogP contribution in [0.2, 0.25) is 0 Å². The highest BCUT2D eigenvalue weighted by Crippen LogP contribution is 2.33. The van der Waals surface area contributed by atoms with Crippen LogP contribution in [-0.2, 0) is 4.79 Å². The molecule has 7 heteroatoms. The Labute approximate surface area is 180 Å². The van der Waals surface area contributed by atoms with Crippen molar-refractivity contribution in [3.05, 3.63) is 76.8 Å². The lowest BCUT2D eigenvalue weighted by atomic mass is 10.1. The molecule has 0 fully saturated rings. The number of amides is 1. The summed E-state index contributed by atoms with van der Waals surface area (Å²) in [6, 6.07) is 17.7. The number of fused-ring (bicyclic) bond motifs is 1. The number of hydrogen-bond acceptors (Lipinski definition) is 5. The normalized spacial score (nSPS) is 11.1. The Hall–Kier alpha value is -3.58. The van der Waals surface area contributed by atoms with Crippen LogP contribution >= 0.6 is 15.9 Å². The molecule has 30 heavy (non-hydrogen) atoms. The fourth-order valence-electron chi connectivity index (χ4n) is 2.96. The molecule has 4 rings (SSSR count). The van der Waals surface area contributed by atoms with E-state index in [4.69, 9.17) is 9.15 Å². The molecule has 0 spiro atoms. The van der Waals surface area contributed by atoms with E-state index in [0.29, 0.717) is 34.0 Å². The quantitative estimate of drug-likeness (QED) is 0.374. The second-order valence-electron chi connectivity index (χ2n) is 6.43. The predicted molar refractivity (Wildman–Crippen MR) is 119 cm³/mol. The van der Waals surface area contributed by atoms with Crippen LogP contribution in [0.5, 0.6) is 11.5 Å². The Morgan fingerprint density at radius 3 is 2.77 bits per heavy atom.